The summed E-state index contributed by atoms with van der Waals surface area (Å²) in [7, 11) is 0. The minimum atomic E-state index is 0.560. The summed E-state index contributed by atoms with van der Waals surface area (Å²) in [6.07, 6.45) is 0. The lowest BCUT2D eigenvalue weighted by molar-refractivity contribution is 0.305. The SMILES string of the molecule is Cc1csc(COc2ccc(C3SCCS3)cc2)n1. The van der Waals surface area contributed by atoms with Gasteiger partial charge in [0.05, 0.1) is 4.58 Å². The van der Waals surface area contributed by atoms with Crippen molar-refractivity contribution in [1.82, 2.24) is 4.98 Å². The van der Waals surface area contributed by atoms with Crippen LogP contribution in [0.2, 0.25) is 0 Å². The first kappa shape index (κ1) is 13.3. The van der Waals surface area contributed by atoms with Crippen LogP contribution in [-0.2, 0) is 6.61 Å². The fraction of sp³-hybridized carbons (Fsp3) is 0.357. The number of rotatable bonds is 4. The largest absolute Gasteiger partial charge is 0.486 e. The van der Waals surface area contributed by atoms with Gasteiger partial charge in [-0.25, -0.2) is 4.98 Å². The molecule has 19 heavy (non-hydrogen) atoms. The molecule has 1 saturated heterocycles. The van der Waals surface area contributed by atoms with Crippen molar-refractivity contribution in [3.8, 4) is 5.75 Å². The fourth-order valence-corrected chi connectivity index (χ4v) is 5.43. The number of aromatic nitrogens is 1. The van der Waals surface area contributed by atoms with E-state index in [1.54, 1.807) is 11.3 Å². The van der Waals surface area contributed by atoms with Gasteiger partial charge in [-0.3, -0.25) is 0 Å². The van der Waals surface area contributed by atoms with Gasteiger partial charge in [-0.2, -0.15) is 0 Å². The van der Waals surface area contributed by atoms with Gasteiger partial charge in [-0.1, -0.05) is 12.1 Å². The molecule has 1 aromatic heterocycles. The Kier molecular flexibility index (Phi) is 4.35. The number of benzene rings is 1. The number of thioether (sulfide) groups is 2. The molecule has 3 rings (SSSR count). The van der Waals surface area contributed by atoms with Crippen molar-refractivity contribution in [3.63, 3.8) is 0 Å². The van der Waals surface area contributed by atoms with E-state index in [9.17, 15) is 0 Å². The van der Waals surface area contributed by atoms with E-state index in [0.29, 0.717) is 11.2 Å². The Hall–Kier alpha value is -0.650. The third kappa shape index (κ3) is 3.46. The molecular weight excluding hydrogens is 294 g/mol. The smallest absolute Gasteiger partial charge is 0.140 e. The van der Waals surface area contributed by atoms with Crippen LogP contribution in [0.5, 0.6) is 5.75 Å². The molecular formula is C14H15NOS3. The number of thiazole rings is 1. The summed E-state index contributed by atoms with van der Waals surface area (Å²) in [5.74, 6) is 3.44. The number of nitrogens with zero attached hydrogens (tertiary/aromatic N) is 1. The van der Waals surface area contributed by atoms with Gasteiger partial charge in [0.15, 0.2) is 0 Å². The topological polar surface area (TPSA) is 22.1 Å². The Bertz CT molecular complexity index is 532. The molecule has 1 fully saturated rings. The minimum Gasteiger partial charge on any atom is -0.486 e. The Morgan fingerprint density at radius 2 is 1.95 bits per heavy atom. The summed E-state index contributed by atoms with van der Waals surface area (Å²) < 4.78 is 6.36. The quantitative estimate of drug-likeness (QED) is 0.828. The molecule has 100 valence electrons. The van der Waals surface area contributed by atoms with Gasteiger partial charge in [-0.15, -0.1) is 34.9 Å². The molecule has 0 atom stereocenters. The monoisotopic (exact) mass is 309 g/mol. The Balaban J connectivity index is 1.59. The first-order valence-corrected chi connectivity index (χ1v) is 9.16. The van der Waals surface area contributed by atoms with Gasteiger partial charge in [0, 0.05) is 22.6 Å². The van der Waals surface area contributed by atoms with Crippen molar-refractivity contribution < 1.29 is 4.74 Å². The summed E-state index contributed by atoms with van der Waals surface area (Å²) in [4.78, 5) is 4.39. The van der Waals surface area contributed by atoms with E-state index >= 15 is 0 Å². The average molecular weight is 309 g/mol. The highest BCUT2D eigenvalue weighted by molar-refractivity contribution is 8.19. The maximum absolute atomic E-state index is 5.76. The Morgan fingerprint density at radius 3 is 2.58 bits per heavy atom. The van der Waals surface area contributed by atoms with E-state index in [1.807, 2.05) is 30.4 Å². The minimum absolute atomic E-state index is 0.560. The number of hydrogen-bond acceptors (Lipinski definition) is 5. The van der Waals surface area contributed by atoms with Crippen molar-refractivity contribution in [1.29, 1.82) is 0 Å². The van der Waals surface area contributed by atoms with Crippen molar-refractivity contribution >= 4 is 34.9 Å². The van der Waals surface area contributed by atoms with E-state index in [-0.39, 0.29) is 0 Å². The molecule has 2 heterocycles. The summed E-state index contributed by atoms with van der Waals surface area (Å²) in [5, 5.41) is 3.08. The standard InChI is InChI=1S/C14H15NOS3/c1-10-9-19-13(15-10)8-16-12-4-2-11(3-5-12)14-17-6-7-18-14/h2-5,9,14H,6-8H2,1H3. The van der Waals surface area contributed by atoms with Crippen LogP contribution in [0.4, 0.5) is 0 Å². The molecule has 1 aromatic carbocycles. The van der Waals surface area contributed by atoms with Crippen LogP contribution in [0.1, 0.15) is 20.8 Å². The maximum atomic E-state index is 5.76. The van der Waals surface area contributed by atoms with Crippen LogP contribution < -0.4 is 4.74 Å². The highest BCUT2D eigenvalue weighted by Gasteiger charge is 2.17. The molecule has 0 N–H and O–H groups in total. The van der Waals surface area contributed by atoms with E-state index in [1.165, 1.54) is 17.1 Å². The summed E-state index contributed by atoms with van der Waals surface area (Å²) in [6, 6.07) is 8.49. The first-order chi connectivity index (χ1) is 9.31. The molecule has 0 saturated carbocycles. The van der Waals surface area contributed by atoms with Gasteiger partial charge in [0.2, 0.25) is 0 Å². The van der Waals surface area contributed by atoms with Gasteiger partial charge >= 0.3 is 0 Å². The second-order valence-corrected chi connectivity index (χ2v) is 7.98. The Morgan fingerprint density at radius 1 is 1.21 bits per heavy atom. The van der Waals surface area contributed by atoms with Crippen LogP contribution >= 0.6 is 34.9 Å². The number of hydrogen-bond donors (Lipinski definition) is 0. The molecule has 0 amide bonds. The lowest BCUT2D eigenvalue weighted by Gasteiger charge is -2.09. The van der Waals surface area contributed by atoms with Crippen LogP contribution in [0.25, 0.3) is 0 Å². The Labute approximate surface area is 126 Å². The average Bonchev–Trinajstić information content (AvgIpc) is 3.08. The molecule has 2 nitrogen and oxygen atoms in total. The summed E-state index contributed by atoms with van der Waals surface area (Å²) in [5.41, 5.74) is 2.46. The summed E-state index contributed by atoms with van der Waals surface area (Å²) in [6.45, 7) is 2.57. The molecule has 0 unspecified atom stereocenters. The van der Waals surface area contributed by atoms with Crippen LogP contribution in [-0.4, -0.2) is 16.5 Å². The molecule has 2 aromatic rings. The second-order valence-electron chi connectivity index (χ2n) is 4.31. The lowest BCUT2D eigenvalue weighted by Crippen LogP contribution is -1.95. The number of aryl methyl sites for hydroxylation is 1. The fourth-order valence-electron chi connectivity index (χ4n) is 1.89. The van der Waals surface area contributed by atoms with Crippen LogP contribution in [0, 0.1) is 6.92 Å². The van der Waals surface area contributed by atoms with Crippen molar-refractivity contribution in [2.45, 2.75) is 18.1 Å². The lowest BCUT2D eigenvalue weighted by atomic mass is 10.2. The van der Waals surface area contributed by atoms with Crippen molar-refractivity contribution in [2.75, 3.05) is 11.5 Å². The molecule has 0 aliphatic carbocycles. The second kappa shape index (κ2) is 6.20. The zero-order chi connectivity index (χ0) is 13.1. The third-order valence-electron chi connectivity index (χ3n) is 2.80. The van der Waals surface area contributed by atoms with Crippen molar-refractivity contribution in [3.05, 3.63) is 45.9 Å². The highest BCUT2D eigenvalue weighted by Crippen LogP contribution is 2.45. The first-order valence-electron chi connectivity index (χ1n) is 6.18. The molecule has 5 heteroatoms. The predicted octanol–water partition coefficient (Wildman–Crippen LogP) is 4.51. The van der Waals surface area contributed by atoms with Gasteiger partial charge in [0.1, 0.15) is 17.4 Å². The highest BCUT2D eigenvalue weighted by atomic mass is 32.2. The van der Waals surface area contributed by atoms with Crippen LogP contribution in [0.3, 0.4) is 0 Å². The van der Waals surface area contributed by atoms with Gasteiger partial charge in [-0.05, 0) is 24.6 Å². The van der Waals surface area contributed by atoms with Crippen LogP contribution in [0.15, 0.2) is 29.6 Å². The van der Waals surface area contributed by atoms with Gasteiger partial charge in [0.25, 0.3) is 0 Å². The molecule has 0 bridgehead atoms. The van der Waals surface area contributed by atoms with Gasteiger partial charge < -0.3 is 4.74 Å². The maximum Gasteiger partial charge on any atom is 0.140 e. The van der Waals surface area contributed by atoms with E-state index < -0.39 is 0 Å². The van der Waals surface area contributed by atoms with E-state index in [0.717, 1.165) is 16.5 Å². The molecule has 0 spiro atoms. The van der Waals surface area contributed by atoms with Crippen molar-refractivity contribution in [2.24, 2.45) is 0 Å². The molecule has 0 radical (unpaired) electrons. The van der Waals surface area contributed by atoms with E-state index in [2.05, 4.69) is 34.6 Å². The number of ether oxygens (including phenoxy) is 1. The predicted molar refractivity (Wildman–Crippen MR) is 85.3 cm³/mol. The zero-order valence-electron chi connectivity index (χ0n) is 10.7. The summed E-state index contributed by atoms with van der Waals surface area (Å²) >= 11 is 5.71. The zero-order valence-corrected chi connectivity index (χ0v) is 13.1. The normalized spacial score (nSPS) is 15.8. The van der Waals surface area contributed by atoms with E-state index in [4.69, 9.17) is 4.74 Å². The molecule has 1 aliphatic heterocycles. The third-order valence-corrected chi connectivity index (χ3v) is 6.85. The molecule has 1 aliphatic rings.